The molecule has 4 heteroatoms. The van der Waals surface area contributed by atoms with Gasteiger partial charge in [-0.05, 0) is 53.1 Å². The van der Waals surface area contributed by atoms with Crippen LogP contribution in [0, 0.1) is 5.41 Å². The maximum atomic E-state index is 15.3. The van der Waals surface area contributed by atoms with E-state index in [9.17, 15) is 0 Å². The van der Waals surface area contributed by atoms with Gasteiger partial charge in [-0.3, -0.25) is 0 Å². The van der Waals surface area contributed by atoms with Gasteiger partial charge in [-0.1, -0.05) is 194 Å². The van der Waals surface area contributed by atoms with Crippen molar-refractivity contribution < 1.29 is 4.57 Å². The topological polar surface area (TPSA) is 42.9 Å². The van der Waals surface area contributed by atoms with Gasteiger partial charge in [-0.2, -0.15) is 0 Å². The Labute approximate surface area is 328 Å². The van der Waals surface area contributed by atoms with Crippen LogP contribution in [-0.2, 0) is 11.0 Å². The third kappa shape index (κ3) is 5.78. The zero-order valence-corrected chi connectivity index (χ0v) is 32.0. The van der Waals surface area contributed by atoms with Crippen molar-refractivity contribution in [1.29, 1.82) is 0 Å². The van der Waals surface area contributed by atoms with Gasteiger partial charge in [0.05, 0.1) is 11.4 Å². The number of hydrogen-bond acceptors (Lipinski definition) is 3. The van der Waals surface area contributed by atoms with Crippen LogP contribution in [-0.4, -0.2) is 9.97 Å². The third-order valence-corrected chi connectivity index (χ3v) is 15.0. The molecule has 0 amide bonds. The lowest BCUT2D eigenvalue weighted by Crippen LogP contribution is -2.31. The first-order valence-electron chi connectivity index (χ1n) is 19.6. The lowest BCUT2D eigenvalue weighted by atomic mass is 9.64. The fourth-order valence-electron chi connectivity index (χ4n) is 9.26. The molecular weight excluding hydrogens is 700 g/mol. The van der Waals surface area contributed by atoms with E-state index in [1.807, 2.05) is 42.5 Å². The summed E-state index contributed by atoms with van der Waals surface area (Å²) in [6, 6.07) is 53.1. The van der Waals surface area contributed by atoms with E-state index >= 15 is 4.57 Å². The Morgan fingerprint density at radius 3 is 2.12 bits per heavy atom. The predicted octanol–water partition coefficient (Wildman–Crippen LogP) is 12.4. The molecule has 0 bridgehead atoms. The minimum absolute atomic E-state index is 0.0506. The Hall–Kier alpha value is -6.15. The summed E-state index contributed by atoms with van der Waals surface area (Å²) in [6.07, 6.45) is 19.1. The third-order valence-electron chi connectivity index (χ3n) is 11.9. The van der Waals surface area contributed by atoms with E-state index in [2.05, 4.69) is 152 Å². The molecule has 1 heterocycles. The smallest absolute Gasteiger partial charge is 0.170 e. The summed E-state index contributed by atoms with van der Waals surface area (Å²) in [7, 11) is -3.11. The molecule has 270 valence electrons. The fourth-order valence-corrected chi connectivity index (χ4v) is 12.0. The van der Waals surface area contributed by atoms with Gasteiger partial charge in [-0.15, -0.1) is 0 Å². The number of nitrogens with zero attached hydrogens (tertiary/aromatic N) is 2. The Bertz CT molecular complexity index is 2780. The molecular formula is C52H41N2OP. The van der Waals surface area contributed by atoms with Crippen LogP contribution in [0.4, 0.5) is 0 Å². The summed E-state index contributed by atoms with van der Waals surface area (Å²) in [5.41, 5.74) is 8.52. The largest absolute Gasteiger partial charge is 0.309 e. The van der Waals surface area contributed by atoms with Crippen LogP contribution >= 0.6 is 7.14 Å². The van der Waals surface area contributed by atoms with Crippen LogP contribution in [0.25, 0.3) is 44.5 Å². The number of fused-ring (bicyclic) bond motifs is 4. The monoisotopic (exact) mass is 740 g/mol. The standard InChI is InChI=1S/C52H41N2OP/c55-56(41-23-7-2-8-24-41,42-25-9-3-10-26-42)43-32-30-39(31-33-43)51-53-49(46-29-17-22-37-18-11-13-27-44(37)46)47-45-28-14-12-21-40(45)36-52(34-15-4-16-35-52)48(50(47)54-51)38-19-5-1-6-20-38/h1-2,4-9,11-34,48H,3,10,35-36H2. The Morgan fingerprint density at radius 1 is 0.625 bits per heavy atom. The molecule has 1 aromatic heterocycles. The van der Waals surface area contributed by atoms with E-state index < -0.39 is 7.14 Å². The summed E-state index contributed by atoms with van der Waals surface area (Å²) < 4.78 is 15.3. The fraction of sp³-hybridized carbons (Fsp3) is 0.115. The molecule has 10 rings (SSSR count). The van der Waals surface area contributed by atoms with E-state index in [1.54, 1.807) is 0 Å². The zero-order valence-electron chi connectivity index (χ0n) is 31.1. The molecule has 0 radical (unpaired) electrons. The van der Waals surface area contributed by atoms with Crippen LogP contribution in [0.15, 0.2) is 200 Å². The van der Waals surface area contributed by atoms with Gasteiger partial charge in [0.15, 0.2) is 13.0 Å². The van der Waals surface area contributed by atoms with Gasteiger partial charge in [0.2, 0.25) is 0 Å². The summed E-state index contributed by atoms with van der Waals surface area (Å²) in [5.74, 6) is 0.612. The molecule has 0 saturated heterocycles. The quantitative estimate of drug-likeness (QED) is 0.159. The van der Waals surface area contributed by atoms with Crippen LogP contribution in [0.5, 0.6) is 0 Å². The summed E-state index contributed by atoms with van der Waals surface area (Å²) in [6.45, 7) is 0. The average Bonchev–Trinajstić information content (AvgIpc) is 3.38. The predicted molar refractivity (Wildman–Crippen MR) is 233 cm³/mol. The van der Waals surface area contributed by atoms with E-state index in [4.69, 9.17) is 9.97 Å². The first-order chi connectivity index (χ1) is 27.6. The molecule has 0 N–H and O–H groups in total. The molecule has 3 nitrogen and oxygen atoms in total. The van der Waals surface area contributed by atoms with Crippen molar-refractivity contribution in [3.8, 4) is 33.8 Å². The first kappa shape index (κ1) is 34.3. The van der Waals surface area contributed by atoms with Crippen molar-refractivity contribution in [2.75, 3.05) is 0 Å². The lowest BCUT2D eigenvalue weighted by Gasteiger charge is -2.39. The van der Waals surface area contributed by atoms with Crippen molar-refractivity contribution in [3.63, 3.8) is 0 Å². The highest BCUT2D eigenvalue weighted by atomic mass is 31.2. The highest BCUT2D eigenvalue weighted by Gasteiger charge is 2.44. The molecule has 3 unspecified atom stereocenters. The molecule has 3 aliphatic rings. The average molecular weight is 741 g/mol. The number of hydrogen-bond donors (Lipinski definition) is 0. The summed E-state index contributed by atoms with van der Waals surface area (Å²) in [4.78, 5) is 11.3. The molecule has 0 aliphatic heterocycles. The van der Waals surface area contributed by atoms with E-state index in [0.717, 1.165) is 75.1 Å². The maximum Gasteiger partial charge on any atom is 0.170 e. The van der Waals surface area contributed by atoms with E-state index in [0.29, 0.717) is 5.82 Å². The molecule has 3 aliphatic carbocycles. The van der Waals surface area contributed by atoms with Crippen molar-refractivity contribution in [2.24, 2.45) is 5.41 Å². The van der Waals surface area contributed by atoms with Crippen molar-refractivity contribution in [2.45, 2.75) is 31.6 Å². The van der Waals surface area contributed by atoms with Crippen LogP contribution in [0.2, 0.25) is 0 Å². The molecule has 0 fully saturated rings. The highest BCUT2D eigenvalue weighted by Crippen LogP contribution is 2.56. The second kappa shape index (κ2) is 14.2. The minimum atomic E-state index is -3.11. The van der Waals surface area contributed by atoms with Gasteiger partial charge in [-0.25, -0.2) is 9.97 Å². The number of allylic oxidation sites excluding steroid dienone is 8. The molecule has 6 aromatic carbocycles. The first-order valence-corrected chi connectivity index (χ1v) is 21.3. The molecule has 0 saturated carbocycles. The molecule has 7 aromatic rings. The molecule has 56 heavy (non-hydrogen) atoms. The van der Waals surface area contributed by atoms with Gasteiger partial charge in [0, 0.05) is 43.9 Å². The van der Waals surface area contributed by atoms with Crippen LogP contribution in [0.3, 0.4) is 0 Å². The van der Waals surface area contributed by atoms with Gasteiger partial charge in [0.1, 0.15) is 0 Å². The van der Waals surface area contributed by atoms with Crippen LogP contribution in [0.1, 0.15) is 42.0 Å². The number of benzene rings is 6. The van der Waals surface area contributed by atoms with Gasteiger partial charge >= 0.3 is 0 Å². The zero-order chi connectivity index (χ0) is 37.5. The highest BCUT2D eigenvalue weighted by molar-refractivity contribution is 7.82. The minimum Gasteiger partial charge on any atom is -0.309 e. The van der Waals surface area contributed by atoms with Crippen molar-refractivity contribution in [1.82, 2.24) is 9.97 Å². The Balaban J connectivity index is 1.25. The number of rotatable bonds is 6. The van der Waals surface area contributed by atoms with Gasteiger partial charge < -0.3 is 4.57 Å². The maximum absolute atomic E-state index is 15.3. The Morgan fingerprint density at radius 2 is 1.34 bits per heavy atom. The molecule has 3 atom stereocenters. The summed E-state index contributed by atoms with van der Waals surface area (Å²) in [5, 5.41) is 4.87. The van der Waals surface area contributed by atoms with Crippen molar-refractivity contribution >= 4 is 28.5 Å². The SMILES string of the molecule is O=P(C1=CCCC=C1)(c1ccccc1)c1ccc(-c2nc(-c3cccc4ccccc34)c3c(n2)C(c2ccccc2)C2(C=CC=CC2)Cc2ccccc2-3)cc1. The molecule has 1 spiro atoms. The van der Waals surface area contributed by atoms with Crippen molar-refractivity contribution in [3.05, 3.63) is 216 Å². The number of aromatic nitrogens is 2. The van der Waals surface area contributed by atoms with E-state index in [1.165, 1.54) is 22.1 Å². The normalized spacial score (nSPS) is 19.5. The van der Waals surface area contributed by atoms with E-state index in [-0.39, 0.29) is 11.3 Å². The second-order valence-corrected chi connectivity index (χ2v) is 18.0. The Kier molecular flexibility index (Phi) is 8.69. The summed E-state index contributed by atoms with van der Waals surface area (Å²) >= 11 is 0. The van der Waals surface area contributed by atoms with Crippen LogP contribution < -0.4 is 10.6 Å². The van der Waals surface area contributed by atoms with Gasteiger partial charge in [0.25, 0.3) is 0 Å². The second-order valence-electron chi connectivity index (χ2n) is 15.2. The lowest BCUT2D eigenvalue weighted by molar-refractivity contribution is 0.330.